The number of ether oxygens (including phenoxy) is 2. The fourth-order valence-corrected chi connectivity index (χ4v) is 4.15. The molecular weight excluding hydrogens is 532 g/mol. The molecule has 0 spiro atoms. The Balaban J connectivity index is 1.49. The maximum absolute atomic E-state index is 13.0. The molecule has 13 nitrogen and oxygen atoms in total. The molecule has 4 amide bonds. The molecule has 0 saturated carbocycles. The van der Waals surface area contributed by atoms with E-state index in [1.54, 1.807) is 17.2 Å². The van der Waals surface area contributed by atoms with E-state index < -0.39 is 36.1 Å². The molecule has 1 aromatic heterocycles. The van der Waals surface area contributed by atoms with Gasteiger partial charge in [-0.2, -0.15) is 0 Å². The molecule has 0 aliphatic carbocycles. The van der Waals surface area contributed by atoms with E-state index in [0.717, 1.165) is 18.4 Å². The lowest BCUT2D eigenvalue weighted by Gasteiger charge is -2.24. The number of anilines is 1. The quantitative estimate of drug-likeness (QED) is 0.201. The molecule has 2 heterocycles. The summed E-state index contributed by atoms with van der Waals surface area (Å²) in [6.45, 7) is 2.48. The van der Waals surface area contributed by atoms with E-state index in [1.807, 2.05) is 49.4 Å². The zero-order valence-electron chi connectivity index (χ0n) is 23.1. The predicted molar refractivity (Wildman–Crippen MR) is 150 cm³/mol. The van der Waals surface area contributed by atoms with Gasteiger partial charge in [-0.15, -0.1) is 0 Å². The summed E-state index contributed by atoms with van der Waals surface area (Å²) in [6.07, 6.45) is 2.82. The van der Waals surface area contributed by atoms with Crippen molar-refractivity contribution in [2.45, 2.75) is 51.0 Å². The van der Waals surface area contributed by atoms with Crippen molar-refractivity contribution in [3.05, 3.63) is 60.3 Å². The molecular formula is C28H38N6O7. The fraction of sp³-hybridized carbons (Fsp3) is 0.464. The summed E-state index contributed by atoms with van der Waals surface area (Å²) in [5, 5.41) is 20.0. The molecule has 2 aromatic rings. The summed E-state index contributed by atoms with van der Waals surface area (Å²) >= 11 is 0. The Morgan fingerprint density at radius 1 is 1.10 bits per heavy atom. The summed E-state index contributed by atoms with van der Waals surface area (Å²) in [5.41, 5.74) is 0.861. The first-order valence-electron chi connectivity index (χ1n) is 13.6. The molecule has 3 atom stereocenters. The van der Waals surface area contributed by atoms with Gasteiger partial charge in [-0.05, 0) is 30.5 Å². The highest BCUT2D eigenvalue weighted by Crippen LogP contribution is 2.22. The lowest BCUT2D eigenvalue weighted by atomic mass is 10.2. The minimum Gasteiger partial charge on any atom is -0.480 e. The topological polar surface area (TPSA) is 171 Å². The molecule has 41 heavy (non-hydrogen) atoms. The van der Waals surface area contributed by atoms with Crippen molar-refractivity contribution in [2.75, 3.05) is 38.1 Å². The number of hydrogen-bond donors (Lipinski definition) is 5. The molecule has 222 valence electrons. The lowest BCUT2D eigenvalue weighted by molar-refractivity contribution is -0.139. The van der Waals surface area contributed by atoms with Gasteiger partial charge in [0.25, 0.3) is 0 Å². The number of carboxylic acids is 1. The molecule has 0 bridgehead atoms. The van der Waals surface area contributed by atoms with Crippen molar-refractivity contribution in [1.82, 2.24) is 25.8 Å². The van der Waals surface area contributed by atoms with Crippen LogP contribution in [0, 0.1) is 0 Å². The normalized spacial score (nSPS) is 16.9. The number of nitrogens with one attached hydrogen (secondary N) is 4. The summed E-state index contributed by atoms with van der Waals surface area (Å²) < 4.78 is 11.3. The number of aromatic nitrogens is 1. The number of aliphatic carboxylic acids is 1. The van der Waals surface area contributed by atoms with Crippen LogP contribution in [0.25, 0.3) is 0 Å². The summed E-state index contributed by atoms with van der Waals surface area (Å²) in [5.74, 6) is -1.16. The van der Waals surface area contributed by atoms with Crippen LogP contribution in [0.2, 0.25) is 0 Å². The standard InChI is InChI=1S/C28H38N6O7/c1-2-3-12-30-27(38)33-23(26(36)37)16-32-25(35)19-40-22-14-21(15-31-24-11-7-8-13-29-24)34(17-22)28(39)41-18-20-9-5-4-6-10-20/h4-11,13,21-23H,2-3,12,14-19H2,1H3,(H,29,31)(H,32,35)(H,36,37)(H2,30,33,38)/t21-,22+,23-/m0/s1. The van der Waals surface area contributed by atoms with Crippen LogP contribution in [-0.2, 0) is 25.7 Å². The van der Waals surface area contributed by atoms with Crippen LogP contribution in [0.5, 0.6) is 0 Å². The van der Waals surface area contributed by atoms with Crippen LogP contribution in [0.15, 0.2) is 54.7 Å². The van der Waals surface area contributed by atoms with Gasteiger partial charge in [-0.3, -0.25) is 4.79 Å². The largest absolute Gasteiger partial charge is 0.480 e. The van der Waals surface area contributed by atoms with Gasteiger partial charge in [-0.25, -0.2) is 19.4 Å². The molecule has 1 aliphatic heterocycles. The molecule has 13 heteroatoms. The van der Waals surface area contributed by atoms with E-state index in [2.05, 4.69) is 26.3 Å². The highest BCUT2D eigenvalue weighted by molar-refractivity contribution is 5.84. The molecule has 3 rings (SSSR count). The number of carboxylic acid groups (broad SMARTS) is 1. The van der Waals surface area contributed by atoms with Gasteiger partial charge in [0.2, 0.25) is 5.91 Å². The Morgan fingerprint density at radius 2 is 1.88 bits per heavy atom. The Kier molecular flexibility index (Phi) is 12.6. The number of hydrogen-bond acceptors (Lipinski definition) is 8. The molecule has 1 fully saturated rings. The van der Waals surface area contributed by atoms with Crippen LogP contribution in [-0.4, -0.2) is 90.0 Å². The number of carbonyl (C=O) groups is 4. The maximum Gasteiger partial charge on any atom is 0.410 e. The van der Waals surface area contributed by atoms with Crippen LogP contribution >= 0.6 is 0 Å². The number of likely N-dealkylation sites (tertiary alicyclic amines) is 1. The highest BCUT2D eigenvalue weighted by atomic mass is 16.6. The van der Waals surface area contributed by atoms with Gasteiger partial charge in [-0.1, -0.05) is 49.7 Å². The molecule has 1 aliphatic rings. The van der Waals surface area contributed by atoms with Gasteiger partial charge in [0, 0.05) is 25.8 Å². The van der Waals surface area contributed by atoms with Gasteiger partial charge in [0.1, 0.15) is 25.1 Å². The van der Waals surface area contributed by atoms with Gasteiger partial charge in [0.05, 0.1) is 18.7 Å². The summed E-state index contributed by atoms with van der Waals surface area (Å²) in [4.78, 5) is 54.6. The number of amides is 4. The Hall–Kier alpha value is -4.39. The van der Waals surface area contributed by atoms with Crippen molar-refractivity contribution in [3.8, 4) is 0 Å². The minimum absolute atomic E-state index is 0.125. The third-order valence-electron chi connectivity index (χ3n) is 6.37. The summed E-state index contributed by atoms with van der Waals surface area (Å²) in [7, 11) is 0. The second-order valence-electron chi connectivity index (χ2n) is 9.56. The maximum atomic E-state index is 13.0. The molecule has 0 radical (unpaired) electrons. The van der Waals surface area contributed by atoms with Crippen LogP contribution < -0.4 is 21.3 Å². The number of carbonyl (C=O) groups excluding carboxylic acids is 3. The van der Waals surface area contributed by atoms with Gasteiger partial charge >= 0.3 is 18.1 Å². The van der Waals surface area contributed by atoms with Crippen molar-refractivity contribution >= 4 is 29.8 Å². The Labute approximate surface area is 239 Å². The number of unbranched alkanes of at least 4 members (excludes halogenated alkanes) is 1. The molecule has 0 unspecified atom stereocenters. The van der Waals surface area contributed by atoms with E-state index >= 15 is 0 Å². The number of nitrogens with zero attached hydrogens (tertiary/aromatic N) is 2. The van der Waals surface area contributed by atoms with E-state index in [9.17, 15) is 24.3 Å². The van der Waals surface area contributed by atoms with E-state index in [0.29, 0.717) is 25.3 Å². The third kappa shape index (κ3) is 11.0. The van der Waals surface area contributed by atoms with Crippen molar-refractivity contribution in [1.29, 1.82) is 0 Å². The third-order valence-corrected chi connectivity index (χ3v) is 6.37. The van der Waals surface area contributed by atoms with Crippen LogP contribution in [0.1, 0.15) is 31.7 Å². The van der Waals surface area contributed by atoms with E-state index in [4.69, 9.17) is 9.47 Å². The number of urea groups is 1. The first kappa shape index (κ1) is 31.1. The second kappa shape index (κ2) is 16.7. The average Bonchev–Trinajstić information content (AvgIpc) is 3.40. The first-order valence-corrected chi connectivity index (χ1v) is 13.6. The number of rotatable bonds is 15. The monoisotopic (exact) mass is 570 g/mol. The number of pyridine rings is 1. The Bertz CT molecular complexity index is 1120. The van der Waals surface area contributed by atoms with E-state index in [1.165, 1.54) is 0 Å². The van der Waals surface area contributed by atoms with Crippen molar-refractivity contribution in [3.63, 3.8) is 0 Å². The van der Waals surface area contributed by atoms with Crippen molar-refractivity contribution < 1.29 is 33.8 Å². The minimum atomic E-state index is -1.30. The van der Waals surface area contributed by atoms with Crippen molar-refractivity contribution in [2.24, 2.45) is 0 Å². The zero-order valence-corrected chi connectivity index (χ0v) is 23.1. The Morgan fingerprint density at radius 3 is 2.59 bits per heavy atom. The average molecular weight is 571 g/mol. The molecule has 1 aromatic carbocycles. The molecule has 5 N–H and O–H groups in total. The SMILES string of the molecule is CCCCNC(=O)N[C@@H](CNC(=O)CO[C@@H]1C[C@@H](CNc2ccccn2)N(C(=O)OCc2ccccc2)C1)C(=O)O. The zero-order chi connectivity index (χ0) is 29.5. The van der Waals surface area contributed by atoms with E-state index in [-0.39, 0.29) is 32.3 Å². The predicted octanol–water partition coefficient (Wildman–Crippen LogP) is 1.96. The lowest BCUT2D eigenvalue weighted by Crippen LogP contribution is -2.52. The summed E-state index contributed by atoms with van der Waals surface area (Å²) in [6, 6.07) is 12.6. The highest BCUT2D eigenvalue weighted by Gasteiger charge is 2.37. The van der Waals surface area contributed by atoms with Gasteiger partial charge in [0.15, 0.2) is 0 Å². The van der Waals surface area contributed by atoms with Crippen LogP contribution in [0.3, 0.4) is 0 Å². The van der Waals surface area contributed by atoms with Gasteiger partial charge < -0.3 is 40.7 Å². The van der Waals surface area contributed by atoms with Crippen LogP contribution in [0.4, 0.5) is 15.4 Å². The smallest absolute Gasteiger partial charge is 0.410 e. The fourth-order valence-electron chi connectivity index (χ4n) is 4.15. The second-order valence-corrected chi connectivity index (χ2v) is 9.56. The number of benzene rings is 1. The first-order chi connectivity index (χ1) is 19.9. The molecule has 1 saturated heterocycles.